The summed E-state index contributed by atoms with van der Waals surface area (Å²) in [7, 11) is -3.70. The zero-order valence-corrected chi connectivity index (χ0v) is 14.1. The van der Waals surface area contributed by atoms with Gasteiger partial charge in [-0.2, -0.15) is 12.7 Å². The minimum absolute atomic E-state index is 0.264. The van der Waals surface area contributed by atoms with E-state index in [-0.39, 0.29) is 12.4 Å². The third kappa shape index (κ3) is 3.02. The first-order chi connectivity index (χ1) is 11.9. The topological polar surface area (TPSA) is 76.3 Å². The molecule has 25 heavy (non-hydrogen) atoms. The Balaban J connectivity index is 1.81. The van der Waals surface area contributed by atoms with Crippen molar-refractivity contribution in [2.75, 3.05) is 6.54 Å². The molecule has 0 atom stereocenters. The lowest BCUT2D eigenvalue weighted by molar-refractivity contribution is 0.392. The average Bonchev–Trinajstić information content (AvgIpc) is 2.59. The first kappa shape index (κ1) is 16.1. The van der Waals surface area contributed by atoms with Crippen molar-refractivity contribution in [1.82, 2.24) is 9.29 Å². The molecule has 0 unspecified atom stereocenters. The van der Waals surface area contributed by atoms with Crippen LogP contribution in [0.2, 0.25) is 0 Å². The molecule has 1 aliphatic rings. The summed E-state index contributed by atoms with van der Waals surface area (Å²) in [5.41, 5.74) is 4.51. The summed E-state index contributed by atoms with van der Waals surface area (Å²) in [6.45, 7) is 0.655. The molecule has 1 aliphatic heterocycles. The molecule has 2 heterocycles. The van der Waals surface area contributed by atoms with E-state index in [0.717, 1.165) is 27.6 Å². The fourth-order valence-electron chi connectivity index (χ4n) is 3.29. The fourth-order valence-corrected chi connectivity index (χ4v) is 3.95. The summed E-state index contributed by atoms with van der Waals surface area (Å²) in [5.74, 6) is -0.327. The molecule has 128 valence electrons. The number of rotatable bonds is 2. The molecule has 0 fully saturated rings. The second-order valence-corrected chi connectivity index (χ2v) is 7.68. The van der Waals surface area contributed by atoms with Crippen molar-refractivity contribution in [1.29, 1.82) is 0 Å². The summed E-state index contributed by atoms with van der Waals surface area (Å²) >= 11 is 0. The molecule has 3 aromatic rings. The summed E-state index contributed by atoms with van der Waals surface area (Å²) in [4.78, 5) is 4.22. The molecule has 0 saturated heterocycles. The van der Waals surface area contributed by atoms with Gasteiger partial charge in [-0.25, -0.2) is 9.53 Å². The highest BCUT2D eigenvalue weighted by Gasteiger charge is 2.24. The second-order valence-electron chi connectivity index (χ2n) is 6.13. The van der Waals surface area contributed by atoms with E-state index in [0.29, 0.717) is 18.5 Å². The Labute approximate surface area is 145 Å². The molecular weight excluding hydrogens is 341 g/mol. The van der Waals surface area contributed by atoms with Gasteiger partial charge >= 0.3 is 0 Å². The molecule has 0 spiro atoms. The lowest BCUT2D eigenvalue weighted by atomic mass is 9.94. The van der Waals surface area contributed by atoms with Gasteiger partial charge in [0.05, 0.1) is 5.52 Å². The van der Waals surface area contributed by atoms with Crippen LogP contribution in [0.4, 0.5) is 4.39 Å². The van der Waals surface area contributed by atoms with Gasteiger partial charge in [0.2, 0.25) is 0 Å². The van der Waals surface area contributed by atoms with E-state index in [2.05, 4.69) is 4.98 Å². The largest absolute Gasteiger partial charge is 0.277 e. The maximum absolute atomic E-state index is 13.4. The summed E-state index contributed by atoms with van der Waals surface area (Å²) in [5, 5.41) is 6.11. The predicted molar refractivity (Wildman–Crippen MR) is 94.4 cm³/mol. The summed E-state index contributed by atoms with van der Waals surface area (Å²) in [6, 6.07) is 12.4. The van der Waals surface area contributed by atoms with E-state index in [9.17, 15) is 12.8 Å². The van der Waals surface area contributed by atoms with Crippen LogP contribution in [0, 0.1) is 5.82 Å². The lowest BCUT2D eigenvalue weighted by Gasteiger charge is -2.26. The smallest absolute Gasteiger partial charge is 0.256 e. The number of nitrogens with two attached hydrogens (primary N) is 1. The Morgan fingerprint density at radius 1 is 1.08 bits per heavy atom. The number of aromatic nitrogens is 1. The van der Waals surface area contributed by atoms with Crippen LogP contribution < -0.4 is 5.14 Å². The minimum atomic E-state index is -3.70. The fraction of sp³-hybridized carbons (Fsp3) is 0.167. The van der Waals surface area contributed by atoms with E-state index in [1.165, 1.54) is 16.4 Å². The number of hydrogen-bond donors (Lipinski definition) is 1. The Morgan fingerprint density at radius 3 is 2.72 bits per heavy atom. The Hall–Kier alpha value is -2.35. The van der Waals surface area contributed by atoms with E-state index in [1.807, 2.05) is 24.3 Å². The van der Waals surface area contributed by atoms with Gasteiger partial charge in [0, 0.05) is 30.7 Å². The van der Waals surface area contributed by atoms with Gasteiger partial charge in [-0.1, -0.05) is 12.1 Å². The molecule has 5 nitrogen and oxygen atoms in total. The third-order valence-electron chi connectivity index (χ3n) is 4.56. The van der Waals surface area contributed by atoms with E-state index >= 15 is 0 Å². The predicted octanol–water partition coefficient (Wildman–Crippen LogP) is 2.60. The number of pyridine rings is 1. The molecule has 1 aromatic heterocycles. The molecule has 0 bridgehead atoms. The SMILES string of the molecule is NS(=O)(=O)N1CCc2ccc(-c3ccnc4cc(F)ccc34)cc2C1. The first-order valence-electron chi connectivity index (χ1n) is 7.86. The highest BCUT2D eigenvalue weighted by molar-refractivity contribution is 7.86. The van der Waals surface area contributed by atoms with Crippen molar-refractivity contribution in [3.63, 3.8) is 0 Å². The van der Waals surface area contributed by atoms with Crippen LogP contribution in [0.1, 0.15) is 11.1 Å². The summed E-state index contributed by atoms with van der Waals surface area (Å²) < 4.78 is 37.9. The average molecular weight is 357 g/mol. The van der Waals surface area contributed by atoms with Gasteiger partial charge in [0.25, 0.3) is 10.2 Å². The van der Waals surface area contributed by atoms with Gasteiger partial charge in [-0.15, -0.1) is 0 Å². The molecule has 0 amide bonds. The molecule has 4 rings (SSSR count). The maximum Gasteiger partial charge on any atom is 0.277 e. The third-order valence-corrected chi connectivity index (χ3v) is 5.59. The van der Waals surface area contributed by atoms with Crippen LogP contribution in [0.5, 0.6) is 0 Å². The van der Waals surface area contributed by atoms with Crippen molar-refractivity contribution < 1.29 is 12.8 Å². The van der Waals surface area contributed by atoms with Gasteiger partial charge in [-0.3, -0.25) is 4.98 Å². The monoisotopic (exact) mass is 357 g/mol. The maximum atomic E-state index is 13.4. The van der Waals surface area contributed by atoms with Crippen LogP contribution >= 0.6 is 0 Å². The number of nitrogens with zero attached hydrogens (tertiary/aromatic N) is 2. The zero-order chi connectivity index (χ0) is 17.6. The first-order valence-corrected chi connectivity index (χ1v) is 9.36. The van der Waals surface area contributed by atoms with Gasteiger partial charge in [0.1, 0.15) is 5.82 Å². The molecular formula is C18H16FN3O2S. The van der Waals surface area contributed by atoms with Gasteiger partial charge in [0.15, 0.2) is 0 Å². The molecule has 0 radical (unpaired) electrons. The normalized spacial score (nSPS) is 15.3. The number of halogens is 1. The van der Waals surface area contributed by atoms with Crippen molar-refractivity contribution in [3.05, 3.63) is 65.6 Å². The van der Waals surface area contributed by atoms with Crippen LogP contribution in [-0.4, -0.2) is 24.3 Å². The quantitative estimate of drug-likeness (QED) is 0.766. The van der Waals surface area contributed by atoms with Crippen molar-refractivity contribution in [2.24, 2.45) is 5.14 Å². The molecule has 0 saturated carbocycles. The molecule has 0 aliphatic carbocycles. The van der Waals surface area contributed by atoms with E-state index in [1.54, 1.807) is 12.3 Å². The number of hydrogen-bond acceptors (Lipinski definition) is 3. The van der Waals surface area contributed by atoms with Crippen molar-refractivity contribution >= 4 is 21.1 Å². The standard InChI is InChI=1S/C18H16FN3O2S/c19-15-3-4-17-16(5-7-21-18(17)10-15)13-2-1-12-6-8-22(25(20,23)24)11-14(12)9-13/h1-5,7,9-10H,6,8,11H2,(H2,20,23,24). The zero-order valence-electron chi connectivity index (χ0n) is 13.3. The highest BCUT2D eigenvalue weighted by atomic mass is 32.2. The Bertz CT molecular complexity index is 1080. The van der Waals surface area contributed by atoms with Crippen LogP contribution in [0.25, 0.3) is 22.0 Å². The lowest BCUT2D eigenvalue weighted by Crippen LogP contribution is -2.40. The van der Waals surface area contributed by atoms with Crippen molar-refractivity contribution in [3.8, 4) is 11.1 Å². The van der Waals surface area contributed by atoms with Crippen LogP contribution in [0.3, 0.4) is 0 Å². The van der Waals surface area contributed by atoms with E-state index < -0.39 is 10.2 Å². The Kier molecular flexibility index (Phi) is 3.79. The number of benzene rings is 2. The molecule has 2 aromatic carbocycles. The minimum Gasteiger partial charge on any atom is -0.256 e. The van der Waals surface area contributed by atoms with E-state index in [4.69, 9.17) is 5.14 Å². The van der Waals surface area contributed by atoms with Crippen molar-refractivity contribution in [2.45, 2.75) is 13.0 Å². The molecule has 7 heteroatoms. The Morgan fingerprint density at radius 2 is 1.92 bits per heavy atom. The number of fused-ring (bicyclic) bond motifs is 2. The van der Waals surface area contributed by atoms with Gasteiger partial charge < -0.3 is 0 Å². The highest BCUT2D eigenvalue weighted by Crippen LogP contribution is 2.31. The van der Waals surface area contributed by atoms with Gasteiger partial charge in [-0.05, 0) is 52.9 Å². The second kappa shape index (κ2) is 5.87. The van der Waals surface area contributed by atoms with Crippen LogP contribution in [-0.2, 0) is 23.2 Å². The van der Waals surface area contributed by atoms with Crippen LogP contribution in [0.15, 0.2) is 48.7 Å². The molecule has 2 N–H and O–H groups in total. The summed E-state index contributed by atoms with van der Waals surface area (Å²) in [6.07, 6.45) is 2.28.